The van der Waals surface area contributed by atoms with Gasteiger partial charge in [-0.25, -0.2) is 0 Å². The molecule has 0 radical (unpaired) electrons. The molecule has 0 N–H and O–H groups in total. The third-order valence-corrected chi connectivity index (χ3v) is 4.77. The van der Waals surface area contributed by atoms with E-state index < -0.39 is 0 Å². The summed E-state index contributed by atoms with van der Waals surface area (Å²) in [6.45, 7) is 4.21. The van der Waals surface area contributed by atoms with Gasteiger partial charge in [-0.3, -0.25) is 9.59 Å². The Hall–Kier alpha value is -2.62. The molecule has 1 heterocycles. The van der Waals surface area contributed by atoms with Gasteiger partial charge in [-0.05, 0) is 17.5 Å². The van der Waals surface area contributed by atoms with Crippen LogP contribution in [0.25, 0.3) is 0 Å². The Labute approximate surface area is 149 Å². The molecule has 0 saturated carbocycles. The lowest BCUT2D eigenvalue weighted by atomic mass is 9.90. The number of nitrogens with zero attached hydrogens (tertiary/aromatic N) is 2. The molecule has 0 bridgehead atoms. The first kappa shape index (κ1) is 17.2. The van der Waals surface area contributed by atoms with Gasteiger partial charge in [0.1, 0.15) is 0 Å². The number of carbonyl (C=O) groups excluding carboxylic acids is 2. The van der Waals surface area contributed by atoms with Crippen molar-refractivity contribution in [1.29, 1.82) is 0 Å². The molecule has 2 aromatic rings. The number of benzene rings is 2. The SMILES string of the molecule is CC(=O)N1CCCN(C(=O)C(c2ccccc2)c2ccccc2)CC1. The van der Waals surface area contributed by atoms with Crippen LogP contribution in [0.4, 0.5) is 0 Å². The normalized spacial score (nSPS) is 15.1. The highest BCUT2D eigenvalue weighted by Gasteiger charge is 2.29. The highest BCUT2D eigenvalue weighted by Crippen LogP contribution is 2.27. The van der Waals surface area contributed by atoms with E-state index in [-0.39, 0.29) is 17.7 Å². The van der Waals surface area contributed by atoms with Crippen LogP contribution in [-0.2, 0) is 9.59 Å². The van der Waals surface area contributed by atoms with Crippen LogP contribution < -0.4 is 0 Å². The summed E-state index contributed by atoms with van der Waals surface area (Å²) in [5.74, 6) is -0.106. The fourth-order valence-electron chi connectivity index (χ4n) is 3.40. The molecule has 1 aliphatic rings. The minimum Gasteiger partial charge on any atom is -0.341 e. The standard InChI is InChI=1S/C21H24N2O2/c1-17(24)22-13-8-14-23(16-15-22)21(25)20(18-9-4-2-5-10-18)19-11-6-3-7-12-19/h2-7,9-12,20H,8,13-16H2,1H3. The summed E-state index contributed by atoms with van der Waals surface area (Å²) < 4.78 is 0. The first-order valence-electron chi connectivity index (χ1n) is 8.81. The summed E-state index contributed by atoms with van der Waals surface area (Å²) in [6.07, 6.45) is 0.821. The highest BCUT2D eigenvalue weighted by atomic mass is 16.2. The predicted molar refractivity (Wildman–Crippen MR) is 98.2 cm³/mol. The molecule has 3 rings (SSSR count). The van der Waals surface area contributed by atoms with Gasteiger partial charge in [-0.1, -0.05) is 60.7 Å². The fourth-order valence-corrected chi connectivity index (χ4v) is 3.40. The lowest BCUT2D eigenvalue weighted by molar-refractivity contribution is -0.133. The molecular weight excluding hydrogens is 312 g/mol. The predicted octanol–water partition coefficient (Wildman–Crippen LogP) is 2.90. The van der Waals surface area contributed by atoms with Crippen molar-refractivity contribution in [1.82, 2.24) is 9.80 Å². The molecule has 4 heteroatoms. The zero-order chi connectivity index (χ0) is 17.6. The van der Waals surface area contributed by atoms with Gasteiger partial charge in [0.05, 0.1) is 5.92 Å². The monoisotopic (exact) mass is 336 g/mol. The summed E-state index contributed by atoms with van der Waals surface area (Å²) in [6, 6.07) is 19.8. The third-order valence-electron chi connectivity index (χ3n) is 4.77. The molecular formula is C21H24N2O2. The second-order valence-corrected chi connectivity index (χ2v) is 6.44. The quantitative estimate of drug-likeness (QED) is 0.865. The number of amides is 2. The van der Waals surface area contributed by atoms with Gasteiger partial charge < -0.3 is 9.80 Å². The van der Waals surface area contributed by atoms with Crippen LogP contribution in [0.5, 0.6) is 0 Å². The first-order valence-corrected chi connectivity index (χ1v) is 8.81. The number of hydrogen-bond acceptors (Lipinski definition) is 2. The Bertz CT molecular complexity index is 676. The molecule has 0 atom stereocenters. The third kappa shape index (κ3) is 4.08. The summed E-state index contributed by atoms with van der Waals surface area (Å²) in [5, 5.41) is 0. The van der Waals surface area contributed by atoms with E-state index in [9.17, 15) is 9.59 Å². The van der Waals surface area contributed by atoms with Crippen molar-refractivity contribution >= 4 is 11.8 Å². The van der Waals surface area contributed by atoms with Crippen LogP contribution in [0.3, 0.4) is 0 Å². The van der Waals surface area contributed by atoms with E-state index in [2.05, 4.69) is 0 Å². The zero-order valence-electron chi connectivity index (χ0n) is 14.6. The first-order chi connectivity index (χ1) is 12.2. The van der Waals surface area contributed by atoms with Gasteiger partial charge in [-0.15, -0.1) is 0 Å². The number of rotatable bonds is 3. The second kappa shape index (κ2) is 7.97. The van der Waals surface area contributed by atoms with Crippen LogP contribution in [0, 0.1) is 0 Å². The maximum Gasteiger partial charge on any atom is 0.234 e. The average molecular weight is 336 g/mol. The summed E-state index contributed by atoms with van der Waals surface area (Å²) in [7, 11) is 0. The zero-order valence-corrected chi connectivity index (χ0v) is 14.6. The summed E-state index contributed by atoms with van der Waals surface area (Å²) >= 11 is 0. The Balaban J connectivity index is 1.86. The topological polar surface area (TPSA) is 40.6 Å². The van der Waals surface area contributed by atoms with E-state index in [1.807, 2.05) is 70.5 Å². The van der Waals surface area contributed by atoms with E-state index >= 15 is 0 Å². The maximum atomic E-state index is 13.4. The van der Waals surface area contributed by atoms with Crippen molar-refractivity contribution in [2.24, 2.45) is 0 Å². The van der Waals surface area contributed by atoms with Gasteiger partial charge in [0.25, 0.3) is 0 Å². The molecule has 1 aliphatic heterocycles. The molecule has 25 heavy (non-hydrogen) atoms. The lowest BCUT2D eigenvalue weighted by Gasteiger charge is -2.27. The molecule has 0 spiro atoms. The molecule has 2 amide bonds. The maximum absolute atomic E-state index is 13.4. The van der Waals surface area contributed by atoms with E-state index in [1.165, 1.54) is 0 Å². The number of hydrogen-bond donors (Lipinski definition) is 0. The summed E-state index contributed by atoms with van der Waals surface area (Å²) in [5.41, 5.74) is 2.01. The molecule has 0 unspecified atom stereocenters. The Morgan fingerprint density at radius 2 is 1.24 bits per heavy atom. The fraction of sp³-hybridized carbons (Fsp3) is 0.333. The van der Waals surface area contributed by atoms with Gasteiger partial charge in [0, 0.05) is 33.1 Å². The van der Waals surface area contributed by atoms with Gasteiger partial charge in [0.15, 0.2) is 0 Å². The van der Waals surface area contributed by atoms with Crippen molar-refractivity contribution in [3.63, 3.8) is 0 Å². The van der Waals surface area contributed by atoms with Crippen molar-refractivity contribution < 1.29 is 9.59 Å². The number of carbonyl (C=O) groups is 2. The smallest absolute Gasteiger partial charge is 0.234 e. The molecule has 0 aliphatic carbocycles. The lowest BCUT2D eigenvalue weighted by Crippen LogP contribution is -2.39. The minimum absolute atomic E-state index is 0.0805. The van der Waals surface area contributed by atoms with E-state index in [1.54, 1.807) is 6.92 Å². The van der Waals surface area contributed by atoms with E-state index in [4.69, 9.17) is 0 Å². The minimum atomic E-state index is -0.300. The molecule has 130 valence electrons. The summed E-state index contributed by atoms with van der Waals surface area (Å²) in [4.78, 5) is 28.7. The molecule has 1 fully saturated rings. The van der Waals surface area contributed by atoms with Gasteiger partial charge >= 0.3 is 0 Å². The van der Waals surface area contributed by atoms with Crippen LogP contribution in [0.2, 0.25) is 0 Å². The Kier molecular flexibility index (Phi) is 5.49. The molecule has 1 saturated heterocycles. The van der Waals surface area contributed by atoms with Gasteiger partial charge in [0.2, 0.25) is 11.8 Å². The van der Waals surface area contributed by atoms with Gasteiger partial charge in [-0.2, -0.15) is 0 Å². The molecule has 4 nitrogen and oxygen atoms in total. The van der Waals surface area contributed by atoms with Crippen molar-refractivity contribution in [3.05, 3.63) is 71.8 Å². The van der Waals surface area contributed by atoms with Crippen molar-refractivity contribution in [2.45, 2.75) is 19.3 Å². The second-order valence-electron chi connectivity index (χ2n) is 6.44. The Morgan fingerprint density at radius 3 is 1.76 bits per heavy atom. The van der Waals surface area contributed by atoms with Crippen LogP contribution in [-0.4, -0.2) is 47.8 Å². The van der Waals surface area contributed by atoms with Crippen LogP contribution in [0.1, 0.15) is 30.4 Å². The average Bonchev–Trinajstić information content (AvgIpc) is 2.90. The van der Waals surface area contributed by atoms with Crippen molar-refractivity contribution in [3.8, 4) is 0 Å². The van der Waals surface area contributed by atoms with E-state index in [0.717, 1.165) is 24.1 Å². The highest BCUT2D eigenvalue weighted by molar-refractivity contribution is 5.87. The molecule has 2 aromatic carbocycles. The largest absolute Gasteiger partial charge is 0.341 e. The van der Waals surface area contributed by atoms with Crippen LogP contribution in [0.15, 0.2) is 60.7 Å². The van der Waals surface area contributed by atoms with Crippen molar-refractivity contribution in [2.75, 3.05) is 26.2 Å². The Morgan fingerprint density at radius 1 is 0.760 bits per heavy atom. The molecule has 0 aromatic heterocycles. The van der Waals surface area contributed by atoms with Crippen LogP contribution >= 0.6 is 0 Å². The van der Waals surface area contributed by atoms with E-state index in [0.29, 0.717) is 19.6 Å².